The first-order valence-electron chi connectivity index (χ1n) is 10.8. The molecule has 1 unspecified atom stereocenters. The van der Waals surface area contributed by atoms with Crippen LogP contribution in [0.25, 0.3) is 5.65 Å². The fraction of sp³-hybridized carbons (Fsp3) is 0.409. The normalized spacial score (nSPS) is 20.2. The first-order chi connectivity index (χ1) is 16.7. The minimum Gasteiger partial charge on any atom is -0.325 e. The summed E-state index contributed by atoms with van der Waals surface area (Å²) in [4.78, 5) is 34.0. The van der Waals surface area contributed by atoms with E-state index in [1.54, 1.807) is 10.6 Å². The second-order valence-electron chi connectivity index (χ2n) is 9.56. The maximum absolute atomic E-state index is 13.7. The zero-order valence-corrected chi connectivity index (χ0v) is 19.6. The predicted octanol–water partition coefficient (Wildman–Crippen LogP) is 4.29. The SMILES string of the molecule is CC1(C)CC(C(=O)Nc2cnc(C(=O)N3CC(F)(F)C3)c(C(F)(F)F)c2)c2cnc3cc(Cl)nn3c21. The summed E-state index contributed by atoms with van der Waals surface area (Å²) in [6.45, 7) is 1.83. The lowest BCUT2D eigenvalue weighted by Crippen LogP contribution is -2.58. The number of amides is 2. The van der Waals surface area contributed by atoms with Crippen molar-refractivity contribution >= 4 is 34.7 Å². The van der Waals surface area contributed by atoms with Gasteiger partial charge in [0.1, 0.15) is 5.69 Å². The number of rotatable bonds is 3. The molecule has 5 rings (SSSR count). The van der Waals surface area contributed by atoms with E-state index in [2.05, 4.69) is 20.4 Å². The lowest BCUT2D eigenvalue weighted by atomic mass is 9.88. The van der Waals surface area contributed by atoms with Gasteiger partial charge in [0, 0.05) is 23.2 Å². The summed E-state index contributed by atoms with van der Waals surface area (Å²) in [7, 11) is 0. The first-order valence-corrected chi connectivity index (χ1v) is 11.1. The number of likely N-dealkylation sites (tertiary alicyclic amines) is 1. The zero-order valence-electron chi connectivity index (χ0n) is 18.8. The molecule has 1 aliphatic heterocycles. The van der Waals surface area contributed by atoms with Crippen LogP contribution in [0, 0.1) is 0 Å². The second-order valence-corrected chi connectivity index (χ2v) is 9.95. The van der Waals surface area contributed by atoms with Crippen LogP contribution in [0.15, 0.2) is 24.5 Å². The topological polar surface area (TPSA) is 92.5 Å². The molecular weight excluding hydrogens is 511 g/mol. The Kier molecular flexibility index (Phi) is 5.29. The predicted molar refractivity (Wildman–Crippen MR) is 117 cm³/mol. The van der Waals surface area contributed by atoms with Gasteiger partial charge in [-0.15, -0.1) is 0 Å². The number of nitrogens with zero attached hydrogens (tertiary/aromatic N) is 5. The Hall–Kier alpha value is -3.35. The van der Waals surface area contributed by atoms with E-state index in [1.807, 2.05) is 13.8 Å². The molecule has 1 atom stereocenters. The molecule has 2 amide bonds. The highest BCUT2D eigenvalue weighted by molar-refractivity contribution is 6.29. The largest absolute Gasteiger partial charge is 0.418 e. The highest BCUT2D eigenvalue weighted by Crippen LogP contribution is 2.46. The van der Waals surface area contributed by atoms with E-state index in [0.717, 1.165) is 6.20 Å². The van der Waals surface area contributed by atoms with Crippen LogP contribution in [0.3, 0.4) is 0 Å². The summed E-state index contributed by atoms with van der Waals surface area (Å²) >= 11 is 6.00. The molecule has 3 aromatic rings. The van der Waals surface area contributed by atoms with E-state index < -0.39 is 59.6 Å². The van der Waals surface area contributed by atoms with Crippen LogP contribution < -0.4 is 5.32 Å². The number of anilines is 1. The molecule has 1 aliphatic carbocycles. The zero-order chi connectivity index (χ0) is 26.2. The molecular formula is C22H18ClF5N6O2. The third kappa shape index (κ3) is 4.04. The monoisotopic (exact) mass is 528 g/mol. The third-order valence-electron chi connectivity index (χ3n) is 6.32. The van der Waals surface area contributed by atoms with Gasteiger partial charge in [0.25, 0.3) is 11.8 Å². The van der Waals surface area contributed by atoms with Gasteiger partial charge in [-0.05, 0) is 12.5 Å². The number of pyridine rings is 1. The van der Waals surface area contributed by atoms with Crippen LogP contribution in [0.5, 0.6) is 0 Å². The average molecular weight is 529 g/mol. The summed E-state index contributed by atoms with van der Waals surface area (Å²) in [5.41, 5.74) is -1.50. The van der Waals surface area contributed by atoms with Gasteiger partial charge in [-0.1, -0.05) is 25.4 Å². The van der Waals surface area contributed by atoms with Crippen molar-refractivity contribution in [1.29, 1.82) is 0 Å². The summed E-state index contributed by atoms with van der Waals surface area (Å²) in [6, 6.07) is 2.14. The number of carbonyl (C=O) groups excluding carboxylic acids is 2. The lowest BCUT2D eigenvalue weighted by molar-refractivity contribution is -0.139. The highest BCUT2D eigenvalue weighted by Gasteiger charge is 2.49. The minimum absolute atomic E-state index is 0.224. The van der Waals surface area contributed by atoms with Gasteiger partial charge in [0.15, 0.2) is 10.8 Å². The van der Waals surface area contributed by atoms with Gasteiger partial charge in [-0.25, -0.2) is 23.3 Å². The minimum atomic E-state index is -5.01. The van der Waals surface area contributed by atoms with Crippen LogP contribution in [-0.2, 0) is 16.4 Å². The van der Waals surface area contributed by atoms with Crippen LogP contribution in [0.1, 0.15) is 53.5 Å². The number of alkyl halides is 5. The summed E-state index contributed by atoms with van der Waals surface area (Å²) in [5, 5.41) is 6.89. The Morgan fingerprint density at radius 3 is 2.47 bits per heavy atom. The van der Waals surface area contributed by atoms with E-state index in [0.29, 0.717) is 34.3 Å². The summed E-state index contributed by atoms with van der Waals surface area (Å²) < 4.78 is 68.9. The number of fused-ring (bicyclic) bond motifs is 3. The second kappa shape index (κ2) is 7.82. The van der Waals surface area contributed by atoms with Crippen molar-refractivity contribution in [2.24, 2.45) is 0 Å². The lowest BCUT2D eigenvalue weighted by Gasteiger charge is -2.38. The van der Waals surface area contributed by atoms with Gasteiger partial charge in [-0.2, -0.15) is 18.3 Å². The Bertz CT molecular complexity index is 1410. The fourth-order valence-electron chi connectivity index (χ4n) is 4.76. The van der Waals surface area contributed by atoms with Crippen LogP contribution in [0.4, 0.5) is 27.6 Å². The number of halogens is 6. The van der Waals surface area contributed by atoms with Gasteiger partial charge >= 0.3 is 6.18 Å². The van der Waals surface area contributed by atoms with Gasteiger partial charge < -0.3 is 10.2 Å². The molecule has 14 heteroatoms. The number of hydrogen-bond donors (Lipinski definition) is 1. The molecule has 36 heavy (non-hydrogen) atoms. The maximum atomic E-state index is 13.7. The van der Waals surface area contributed by atoms with E-state index in [-0.39, 0.29) is 10.8 Å². The van der Waals surface area contributed by atoms with E-state index in [4.69, 9.17) is 11.6 Å². The molecule has 1 fully saturated rings. The fourth-order valence-corrected chi connectivity index (χ4v) is 4.93. The molecule has 3 aromatic heterocycles. The molecule has 1 saturated heterocycles. The van der Waals surface area contributed by atoms with Crippen molar-refractivity contribution in [3.8, 4) is 0 Å². The van der Waals surface area contributed by atoms with Crippen molar-refractivity contribution in [2.45, 2.75) is 43.7 Å². The molecule has 0 radical (unpaired) electrons. The van der Waals surface area contributed by atoms with Gasteiger partial charge in [0.05, 0.1) is 42.1 Å². The molecule has 0 spiro atoms. The van der Waals surface area contributed by atoms with Crippen LogP contribution in [-0.4, -0.2) is 55.3 Å². The molecule has 2 aliphatic rings. The smallest absolute Gasteiger partial charge is 0.325 e. The van der Waals surface area contributed by atoms with Crippen LogP contribution >= 0.6 is 11.6 Å². The summed E-state index contributed by atoms with van der Waals surface area (Å²) in [5.74, 6) is -5.76. The van der Waals surface area contributed by atoms with Crippen molar-refractivity contribution in [3.63, 3.8) is 0 Å². The summed E-state index contributed by atoms with van der Waals surface area (Å²) in [6.07, 6.45) is -2.27. The molecule has 0 aromatic carbocycles. The number of carbonyl (C=O) groups is 2. The average Bonchev–Trinajstić information content (AvgIpc) is 3.26. The molecule has 0 saturated carbocycles. The Balaban J connectivity index is 1.44. The highest BCUT2D eigenvalue weighted by atomic mass is 35.5. The van der Waals surface area contributed by atoms with Crippen molar-refractivity contribution in [2.75, 3.05) is 18.4 Å². The Morgan fingerprint density at radius 1 is 1.14 bits per heavy atom. The van der Waals surface area contributed by atoms with E-state index in [9.17, 15) is 31.5 Å². The standard InChI is InChI=1S/C22H18ClF5N6O2/c1-20(2)5-11(12-7-29-15-4-14(23)32-34(15)17(12)20)18(35)31-10-3-13(22(26,27)28)16(30-6-10)19(36)33-8-21(24,25)9-33/h3-4,6-7,11H,5,8-9H2,1-2H3,(H,31,35). The maximum Gasteiger partial charge on any atom is 0.418 e. The Labute approximate surface area is 205 Å². The van der Waals surface area contributed by atoms with Gasteiger partial charge in [-0.3, -0.25) is 9.59 Å². The quantitative estimate of drug-likeness (QED) is 0.512. The molecule has 0 bridgehead atoms. The van der Waals surface area contributed by atoms with E-state index in [1.165, 1.54) is 6.20 Å². The van der Waals surface area contributed by atoms with Gasteiger partial charge in [0.2, 0.25) is 5.91 Å². The number of nitrogens with one attached hydrogen (secondary N) is 1. The first kappa shape index (κ1) is 24.3. The third-order valence-corrected chi connectivity index (χ3v) is 6.51. The van der Waals surface area contributed by atoms with E-state index >= 15 is 0 Å². The number of hydrogen-bond acceptors (Lipinski definition) is 5. The molecule has 8 nitrogen and oxygen atoms in total. The number of aromatic nitrogens is 4. The van der Waals surface area contributed by atoms with Crippen molar-refractivity contribution < 1.29 is 31.5 Å². The Morgan fingerprint density at radius 2 is 1.83 bits per heavy atom. The van der Waals surface area contributed by atoms with Crippen LogP contribution in [0.2, 0.25) is 5.15 Å². The molecule has 190 valence electrons. The van der Waals surface area contributed by atoms with Crippen molar-refractivity contribution in [1.82, 2.24) is 24.5 Å². The van der Waals surface area contributed by atoms with Crippen molar-refractivity contribution in [3.05, 3.63) is 52.2 Å². The molecule has 4 heterocycles. The molecule has 1 N–H and O–H groups in total.